The highest BCUT2D eigenvalue weighted by Gasteiger charge is 2.19. The molecule has 0 aliphatic carbocycles. The average Bonchev–Trinajstić information content (AvgIpc) is 2.87. The Labute approximate surface area is 198 Å². The first-order valence-electron chi connectivity index (χ1n) is 11.3. The van der Waals surface area contributed by atoms with Crippen LogP contribution in [0.2, 0.25) is 0 Å². The van der Waals surface area contributed by atoms with Gasteiger partial charge >= 0.3 is 0 Å². The molecule has 0 radical (unpaired) electrons. The smallest absolute Gasteiger partial charge is 0.263 e. The van der Waals surface area contributed by atoms with Gasteiger partial charge < -0.3 is 29.2 Å². The van der Waals surface area contributed by atoms with E-state index in [0.29, 0.717) is 66.6 Å². The lowest BCUT2D eigenvalue weighted by atomic mass is 10.2. The third kappa shape index (κ3) is 5.74. The Bertz CT molecular complexity index is 1100. The van der Waals surface area contributed by atoms with Crippen molar-refractivity contribution in [2.45, 2.75) is 13.8 Å². The molecular weight excluding hydrogens is 436 g/mol. The van der Waals surface area contributed by atoms with Crippen molar-refractivity contribution in [3.63, 3.8) is 0 Å². The maximum Gasteiger partial charge on any atom is 0.263 e. The number of hydrogen-bond acceptors (Lipinski definition) is 8. The predicted molar refractivity (Wildman–Crippen MR) is 128 cm³/mol. The number of benzene rings is 2. The number of morpholine rings is 1. The number of rotatable bonds is 9. The van der Waals surface area contributed by atoms with Crippen LogP contribution in [-0.4, -0.2) is 55.4 Å². The second-order valence-electron chi connectivity index (χ2n) is 7.39. The van der Waals surface area contributed by atoms with Crippen LogP contribution in [0.25, 0.3) is 0 Å². The molecule has 0 unspecified atom stereocenters. The summed E-state index contributed by atoms with van der Waals surface area (Å²) in [5.41, 5.74) is 1.02. The van der Waals surface area contributed by atoms with Gasteiger partial charge in [0.05, 0.1) is 32.1 Å². The quantitative estimate of drug-likeness (QED) is 0.505. The average molecular weight is 465 g/mol. The molecule has 1 amide bonds. The molecule has 2 heterocycles. The van der Waals surface area contributed by atoms with Gasteiger partial charge in [0.15, 0.2) is 5.82 Å². The summed E-state index contributed by atoms with van der Waals surface area (Å²) >= 11 is 0. The molecule has 34 heavy (non-hydrogen) atoms. The van der Waals surface area contributed by atoms with E-state index in [1.54, 1.807) is 48.8 Å². The molecule has 1 fully saturated rings. The minimum Gasteiger partial charge on any atom is -0.494 e. The Balaban J connectivity index is 1.46. The molecule has 1 N–H and O–H groups in total. The molecule has 1 aromatic heterocycles. The zero-order chi connectivity index (χ0) is 23.8. The third-order valence-corrected chi connectivity index (χ3v) is 5.10. The summed E-state index contributed by atoms with van der Waals surface area (Å²) in [6, 6.07) is 12.2. The van der Waals surface area contributed by atoms with Crippen molar-refractivity contribution in [1.29, 1.82) is 0 Å². The fourth-order valence-electron chi connectivity index (χ4n) is 3.51. The monoisotopic (exact) mass is 464 g/mol. The van der Waals surface area contributed by atoms with Crippen LogP contribution in [0, 0.1) is 0 Å². The minimum absolute atomic E-state index is 0.269. The van der Waals surface area contributed by atoms with Gasteiger partial charge in [0.2, 0.25) is 0 Å². The molecule has 9 heteroatoms. The predicted octanol–water partition coefficient (Wildman–Crippen LogP) is 4.16. The lowest BCUT2D eigenvalue weighted by Crippen LogP contribution is -2.37. The number of ether oxygens (including phenoxy) is 4. The Kier molecular flexibility index (Phi) is 7.77. The van der Waals surface area contributed by atoms with E-state index in [0.717, 1.165) is 13.1 Å². The van der Waals surface area contributed by atoms with Crippen molar-refractivity contribution < 1.29 is 23.7 Å². The highest BCUT2D eigenvalue weighted by Crippen LogP contribution is 2.31. The summed E-state index contributed by atoms with van der Waals surface area (Å²) in [6.45, 7) is 7.53. The van der Waals surface area contributed by atoms with E-state index in [2.05, 4.69) is 20.2 Å². The van der Waals surface area contributed by atoms with Crippen LogP contribution >= 0.6 is 0 Å². The van der Waals surface area contributed by atoms with Crippen LogP contribution in [0.15, 0.2) is 54.9 Å². The van der Waals surface area contributed by atoms with Gasteiger partial charge in [-0.2, -0.15) is 0 Å². The molecule has 0 saturated carbocycles. The van der Waals surface area contributed by atoms with Crippen molar-refractivity contribution in [3.8, 4) is 23.1 Å². The fourth-order valence-corrected chi connectivity index (χ4v) is 3.51. The zero-order valence-electron chi connectivity index (χ0n) is 19.3. The van der Waals surface area contributed by atoms with Crippen LogP contribution in [0.5, 0.6) is 23.1 Å². The topological polar surface area (TPSA) is 95.0 Å². The van der Waals surface area contributed by atoms with E-state index in [1.165, 1.54) is 0 Å². The molecule has 9 nitrogen and oxygen atoms in total. The van der Waals surface area contributed by atoms with Crippen LogP contribution in [0.3, 0.4) is 0 Å². The molecule has 3 aromatic rings. The van der Waals surface area contributed by atoms with E-state index in [1.807, 2.05) is 19.9 Å². The van der Waals surface area contributed by atoms with Gasteiger partial charge in [-0.25, -0.2) is 9.97 Å². The van der Waals surface area contributed by atoms with Crippen LogP contribution in [-0.2, 0) is 4.74 Å². The van der Waals surface area contributed by atoms with Crippen LogP contribution in [0.1, 0.15) is 24.2 Å². The number of hydrogen-bond donors (Lipinski definition) is 1. The van der Waals surface area contributed by atoms with Gasteiger partial charge in [-0.15, -0.1) is 0 Å². The molecule has 4 rings (SSSR count). The number of nitrogens with one attached hydrogen (secondary N) is 1. The molecule has 0 spiro atoms. The number of carbonyl (C=O) groups excluding carboxylic acids is 1. The van der Waals surface area contributed by atoms with E-state index in [9.17, 15) is 4.79 Å². The second kappa shape index (κ2) is 11.3. The molecule has 178 valence electrons. The summed E-state index contributed by atoms with van der Waals surface area (Å²) in [4.78, 5) is 23.7. The molecule has 1 saturated heterocycles. The largest absolute Gasteiger partial charge is 0.494 e. The third-order valence-electron chi connectivity index (χ3n) is 5.10. The van der Waals surface area contributed by atoms with Crippen molar-refractivity contribution in [2.24, 2.45) is 0 Å². The number of carbonyl (C=O) groups is 1. The summed E-state index contributed by atoms with van der Waals surface area (Å²) in [5.74, 6) is 2.61. The maximum atomic E-state index is 12.9. The van der Waals surface area contributed by atoms with Crippen LogP contribution in [0.4, 0.5) is 11.5 Å². The first kappa shape index (κ1) is 23.3. The highest BCUT2D eigenvalue weighted by molar-refractivity contribution is 6.05. The zero-order valence-corrected chi connectivity index (χ0v) is 19.3. The standard InChI is InChI=1S/C25H28N4O5/c1-3-32-20-9-10-22(33-4-2)21(17-20)28-24(30)18-5-7-19(8-6-18)34-25-23(26-11-12-27-25)29-13-15-31-16-14-29/h5-12,17H,3-4,13-16H2,1-2H3,(H,28,30). The van der Waals surface area contributed by atoms with Crippen molar-refractivity contribution in [3.05, 3.63) is 60.4 Å². The van der Waals surface area contributed by atoms with E-state index in [-0.39, 0.29) is 5.91 Å². The van der Waals surface area contributed by atoms with Gasteiger partial charge in [-0.05, 0) is 50.2 Å². The van der Waals surface area contributed by atoms with Crippen molar-refractivity contribution >= 4 is 17.4 Å². The number of anilines is 2. The van der Waals surface area contributed by atoms with E-state index < -0.39 is 0 Å². The molecule has 1 aliphatic rings. The van der Waals surface area contributed by atoms with Gasteiger partial charge in [0.25, 0.3) is 11.8 Å². The highest BCUT2D eigenvalue weighted by atomic mass is 16.5. The number of amides is 1. The first-order chi connectivity index (χ1) is 16.7. The Morgan fingerprint density at radius 2 is 1.68 bits per heavy atom. The van der Waals surface area contributed by atoms with Gasteiger partial charge in [-0.3, -0.25) is 4.79 Å². The summed E-state index contributed by atoms with van der Waals surface area (Å²) in [5, 5.41) is 2.91. The normalized spacial score (nSPS) is 13.3. The first-order valence-corrected chi connectivity index (χ1v) is 11.3. The Hall–Kier alpha value is -3.85. The summed E-state index contributed by atoms with van der Waals surface area (Å²) in [7, 11) is 0. The van der Waals surface area contributed by atoms with E-state index >= 15 is 0 Å². The molecular formula is C25H28N4O5. The van der Waals surface area contributed by atoms with Gasteiger partial charge in [-0.1, -0.05) is 0 Å². The minimum atomic E-state index is -0.269. The van der Waals surface area contributed by atoms with Gasteiger partial charge in [0, 0.05) is 37.1 Å². The Morgan fingerprint density at radius 1 is 0.971 bits per heavy atom. The van der Waals surface area contributed by atoms with E-state index in [4.69, 9.17) is 18.9 Å². The number of nitrogens with zero attached hydrogens (tertiary/aromatic N) is 3. The number of aromatic nitrogens is 2. The molecule has 0 bridgehead atoms. The lowest BCUT2D eigenvalue weighted by molar-refractivity contribution is 0.102. The maximum absolute atomic E-state index is 12.9. The van der Waals surface area contributed by atoms with Crippen LogP contribution < -0.4 is 24.4 Å². The van der Waals surface area contributed by atoms with Crippen molar-refractivity contribution in [1.82, 2.24) is 9.97 Å². The van der Waals surface area contributed by atoms with Crippen molar-refractivity contribution in [2.75, 3.05) is 49.7 Å². The second-order valence-corrected chi connectivity index (χ2v) is 7.39. The Morgan fingerprint density at radius 3 is 2.41 bits per heavy atom. The van der Waals surface area contributed by atoms with Gasteiger partial charge in [0.1, 0.15) is 17.2 Å². The molecule has 0 atom stereocenters. The lowest BCUT2D eigenvalue weighted by Gasteiger charge is -2.28. The molecule has 1 aliphatic heterocycles. The summed E-state index contributed by atoms with van der Waals surface area (Å²) in [6.07, 6.45) is 3.23. The SMILES string of the molecule is CCOc1ccc(OCC)c(NC(=O)c2ccc(Oc3nccnc3N3CCOCC3)cc2)c1. The molecule has 2 aromatic carbocycles. The summed E-state index contributed by atoms with van der Waals surface area (Å²) < 4.78 is 22.6. The fraction of sp³-hybridized carbons (Fsp3) is 0.320.